The van der Waals surface area contributed by atoms with Gasteiger partial charge in [0, 0.05) is 6.54 Å². The van der Waals surface area contributed by atoms with E-state index in [1.807, 2.05) is 41.5 Å². The second-order valence-electron chi connectivity index (χ2n) is 12.8. The van der Waals surface area contributed by atoms with E-state index in [0.29, 0.717) is 25.7 Å². The number of carbonyl (C=O) groups excluding carboxylic acids is 5. The third-order valence-corrected chi connectivity index (χ3v) is 6.85. The zero-order chi connectivity index (χ0) is 32.1. The van der Waals surface area contributed by atoms with Crippen LogP contribution in [-0.2, 0) is 24.0 Å². The molecule has 0 spiro atoms. The third kappa shape index (κ3) is 13.1. The van der Waals surface area contributed by atoms with Crippen molar-refractivity contribution in [3.05, 3.63) is 0 Å². The minimum atomic E-state index is -1.02. The minimum Gasteiger partial charge on any atom is -0.370 e. The zero-order valence-electron chi connectivity index (χ0n) is 26.6. The molecule has 0 unspecified atom stereocenters. The molecule has 1 heterocycles. The molecule has 13 heteroatoms. The number of amides is 5. The van der Waals surface area contributed by atoms with Gasteiger partial charge in [0.25, 0.3) is 0 Å². The van der Waals surface area contributed by atoms with Gasteiger partial charge in [-0.3, -0.25) is 29.0 Å². The highest BCUT2D eigenvalue weighted by atomic mass is 16.2. The average molecular weight is 595 g/mol. The van der Waals surface area contributed by atoms with Gasteiger partial charge in [0.15, 0.2) is 5.96 Å². The number of nitrogens with two attached hydrogens (primary N) is 2. The van der Waals surface area contributed by atoms with Crippen LogP contribution in [0.2, 0.25) is 0 Å². The number of hydrogen-bond donors (Lipinski definition) is 7. The second kappa shape index (κ2) is 17.5. The number of carbonyl (C=O) groups is 5. The van der Waals surface area contributed by atoms with Gasteiger partial charge in [-0.05, 0) is 55.8 Å². The van der Waals surface area contributed by atoms with Crippen LogP contribution in [0.1, 0.15) is 87.5 Å². The lowest BCUT2D eigenvalue weighted by atomic mass is 9.98. The molecule has 5 atom stereocenters. The first-order valence-electron chi connectivity index (χ1n) is 15.1. The summed E-state index contributed by atoms with van der Waals surface area (Å²) in [5, 5.41) is 14.0. The summed E-state index contributed by atoms with van der Waals surface area (Å²) in [5.74, 6) is -2.88. The van der Waals surface area contributed by atoms with Gasteiger partial charge in [-0.1, -0.05) is 55.4 Å². The van der Waals surface area contributed by atoms with Crippen molar-refractivity contribution < 1.29 is 24.0 Å². The lowest BCUT2D eigenvalue weighted by Crippen LogP contribution is -2.59. The number of aliphatic imine (C=N–C) groups is 1. The third-order valence-electron chi connectivity index (χ3n) is 6.85. The Hall–Kier alpha value is -3.38. The SMILES string of the molecule is CC(C)C[C@@H]1NC(=O)[C@@H](CC(C)C)NC(=O)[C@H](CC(C)C)NC(=O)[C@@H](C(C)C)NC(=O)[C@@H](CCCN=C(N)N)NC1=O. The summed E-state index contributed by atoms with van der Waals surface area (Å²) in [6, 6.07) is -4.79. The fraction of sp³-hybridized carbons (Fsp3) is 0.793. The number of hydrogen-bond acceptors (Lipinski definition) is 6. The van der Waals surface area contributed by atoms with Crippen molar-refractivity contribution in [3.8, 4) is 0 Å². The highest BCUT2D eigenvalue weighted by molar-refractivity contribution is 5.98. The molecule has 0 aliphatic carbocycles. The molecule has 1 fully saturated rings. The second-order valence-corrected chi connectivity index (χ2v) is 12.8. The summed E-state index contributed by atoms with van der Waals surface area (Å²) >= 11 is 0. The van der Waals surface area contributed by atoms with Crippen molar-refractivity contribution in [3.63, 3.8) is 0 Å². The van der Waals surface area contributed by atoms with Crippen LogP contribution in [0.4, 0.5) is 0 Å². The van der Waals surface area contributed by atoms with E-state index < -0.39 is 59.7 Å². The van der Waals surface area contributed by atoms with Crippen LogP contribution in [0.15, 0.2) is 4.99 Å². The zero-order valence-corrected chi connectivity index (χ0v) is 26.6. The fourth-order valence-electron chi connectivity index (χ4n) is 4.75. The molecule has 1 aliphatic rings. The van der Waals surface area contributed by atoms with Crippen LogP contribution in [-0.4, -0.2) is 72.2 Å². The first-order valence-corrected chi connectivity index (χ1v) is 15.1. The first-order chi connectivity index (χ1) is 19.5. The molecular formula is C29H54N8O5. The fourth-order valence-corrected chi connectivity index (χ4v) is 4.75. The molecule has 0 aromatic carbocycles. The molecule has 0 bridgehead atoms. The van der Waals surface area contributed by atoms with Crippen LogP contribution >= 0.6 is 0 Å². The smallest absolute Gasteiger partial charge is 0.243 e. The van der Waals surface area contributed by atoms with Crippen LogP contribution in [0.5, 0.6) is 0 Å². The summed E-state index contributed by atoms with van der Waals surface area (Å²) in [6.07, 6.45) is 1.54. The maximum atomic E-state index is 13.5. The van der Waals surface area contributed by atoms with E-state index in [0.717, 1.165) is 0 Å². The Balaban J connectivity index is 3.58. The first kappa shape index (κ1) is 36.6. The summed E-state index contributed by atoms with van der Waals surface area (Å²) < 4.78 is 0. The van der Waals surface area contributed by atoms with Crippen molar-refractivity contribution in [2.75, 3.05) is 6.54 Å². The number of guanidine groups is 1. The molecule has 1 rings (SSSR count). The maximum Gasteiger partial charge on any atom is 0.243 e. The van der Waals surface area contributed by atoms with Gasteiger partial charge in [0.05, 0.1) is 0 Å². The van der Waals surface area contributed by atoms with Gasteiger partial charge >= 0.3 is 0 Å². The number of rotatable bonds is 11. The van der Waals surface area contributed by atoms with Crippen molar-refractivity contribution in [1.29, 1.82) is 0 Å². The number of nitrogens with one attached hydrogen (secondary N) is 5. The lowest BCUT2D eigenvalue weighted by molar-refractivity contribution is -0.135. The number of nitrogens with zero attached hydrogens (tertiary/aromatic N) is 1. The summed E-state index contributed by atoms with van der Waals surface area (Å²) in [6.45, 7) is 15.3. The predicted octanol–water partition coefficient (Wildman–Crippen LogP) is 0.272. The Morgan fingerprint density at radius 1 is 0.595 bits per heavy atom. The van der Waals surface area contributed by atoms with Crippen LogP contribution in [0, 0.1) is 23.7 Å². The quantitative estimate of drug-likeness (QED) is 0.101. The molecule has 1 saturated heterocycles. The summed E-state index contributed by atoms with van der Waals surface area (Å²) in [5.41, 5.74) is 10.8. The van der Waals surface area contributed by atoms with E-state index in [4.69, 9.17) is 11.5 Å². The highest BCUT2D eigenvalue weighted by Crippen LogP contribution is 2.13. The Labute approximate surface area is 250 Å². The maximum absolute atomic E-state index is 13.5. The Morgan fingerprint density at radius 2 is 0.952 bits per heavy atom. The van der Waals surface area contributed by atoms with E-state index in [-0.39, 0.29) is 42.6 Å². The molecule has 42 heavy (non-hydrogen) atoms. The van der Waals surface area contributed by atoms with E-state index in [2.05, 4.69) is 31.6 Å². The van der Waals surface area contributed by atoms with Gasteiger partial charge in [0.2, 0.25) is 29.5 Å². The largest absolute Gasteiger partial charge is 0.370 e. The van der Waals surface area contributed by atoms with Crippen molar-refractivity contribution >= 4 is 35.5 Å². The van der Waals surface area contributed by atoms with Crippen LogP contribution in [0.3, 0.4) is 0 Å². The van der Waals surface area contributed by atoms with Gasteiger partial charge in [-0.15, -0.1) is 0 Å². The molecule has 240 valence electrons. The topological polar surface area (TPSA) is 210 Å². The molecule has 0 aromatic rings. The summed E-state index contributed by atoms with van der Waals surface area (Å²) in [4.78, 5) is 71.5. The lowest BCUT2D eigenvalue weighted by Gasteiger charge is -2.28. The monoisotopic (exact) mass is 594 g/mol. The van der Waals surface area contributed by atoms with E-state index in [9.17, 15) is 24.0 Å². The van der Waals surface area contributed by atoms with Gasteiger partial charge in [0.1, 0.15) is 30.2 Å². The molecule has 0 radical (unpaired) electrons. The van der Waals surface area contributed by atoms with Crippen molar-refractivity contribution in [2.45, 2.75) is 118 Å². The molecule has 0 saturated carbocycles. The van der Waals surface area contributed by atoms with E-state index in [1.165, 1.54) is 0 Å². The average Bonchev–Trinajstić information content (AvgIpc) is 2.85. The predicted molar refractivity (Wildman–Crippen MR) is 163 cm³/mol. The van der Waals surface area contributed by atoms with Crippen LogP contribution < -0.4 is 38.1 Å². The molecule has 0 aromatic heterocycles. The molecular weight excluding hydrogens is 540 g/mol. The summed E-state index contributed by atoms with van der Waals surface area (Å²) in [7, 11) is 0. The van der Waals surface area contributed by atoms with Crippen molar-refractivity contribution in [1.82, 2.24) is 26.6 Å². The Bertz CT molecular complexity index is 962. The molecule has 1 aliphatic heterocycles. The molecule has 9 N–H and O–H groups in total. The standard InChI is InChI=1S/C29H54N8O5/c1-15(2)12-20-25(39)33-19(10-9-11-32-29(30)31)24(38)37-23(18(7)8)28(42)36-22(14-17(5)6)27(41)35-21(13-16(3)4)26(40)34-20/h15-23H,9-14H2,1-8H3,(H,33,39)(H,34,40)(H,35,41)(H,36,42)(H,37,38)(H4,30,31,32)/t19-,20+,21-,22+,23-/m1/s1. The van der Waals surface area contributed by atoms with Gasteiger partial charge in [-0.2, -0.15) is 0 Å². The Morgan fingerprint density at radius 3 is 1.31 bits per heavy atom. The molecule has 5 amide bonds. The van der Waals surface area contributed by atoms with Gasteiger partial charge < -0.3 is 38.1 Å². The normalized spacial score (nSPS) is 24.9. The Kier molecular flexibility index (Phi) is 15.3. The van der Waals surface area contributed by atoms with Crippen molar-refractivity contribution in [2.24, 2.45) is 40.1 Å². The van der Waals surface area contributed by atoms with E-state index in [1.54, 1.807) is 13.8 Å². The highest BCUT2D eigenvalue weighted by Gasteiger charge is 2.35. The molecule has 13 nitrogen and oxygen atoms in total. The van der Waals surface area contributed by atoms with E-state index >= 15 is 0 Å². The van der Waals surface area contributed by atoms with Crippen LogP contribution in [0.25, 0.3) is 0 Å². The minimum absolute atomic E-state index is 0.0398. The van der Waals surface area contributed by atoms with Gasteiger partial charge in [-0.25, -0.2) is 0 Å².